The van der Waals surface area contributed by atoms with Gasteiger partial charge in [0.1, 0.15) is 0 Å². The van der Waals surface area contributed by atoms with Crippen molar-refractivity contribution in [1.29, 1.82) is 0 Å². The van der Waals surface area contributed by atoms with Crippen molar-refractivity contribution in [2.45, 2.75) is 31.3 Å². The van der Waals surface area contributed by atoms with Crippen molar-refractivity contribution in [3.8, 4) is 0 Å². The van der Waals surface area contributed by atoms with E-state index in [0.717, 1.165) is 25.7 Å². The van der Waals surface area contributed by atoms with Crippen molar-refractivity contribution in [3.63, 3.8) is 0 Å². The van der Waals surface area contributed by atoms with Gasteiger partial charge in [0.2, 0.25) is 5.95 Å². The Bertz CT molecular complexity index is 319. The first-order valence-corrected chi connectivity index (χ1v) is 5.22. The Morgan fingerprint density at radius 1 is 1.33 bits per heavy atom. The van der Waals surface area contributed by atoms with Crippen LogP contribution in [-0.2, 0) is 0 Å². The van der Waals surface area contributed by atoms with Crippen LogP contribution in [-0.4, -0.2) is 27.2 Å². The molecular weight excluding hydrogens is 192 g/mol. The van der Waals surface area contributed by atoms with Crippen LogP contribution in [0.2, 0.25) is 0 Å². The number of anilines is 2. The number of nitrogens with zero attached hydrogens (tertiary/aromatic N) is 2. The molecule has 0 aliphatic heterocycles. The molecule has 0 unspecified atom stereocenters. The number of aliphatic hydroxyl groups is 1. The fraction of sp³-hybridized carbons (Fsp3) is 0.600. The summed E-state index contributed by atoms with van der Waals surface area (Å²) in [4.78, 5) is 8.02. The normalized spacial score (nSPS) is 19.0. The molecule has 1 heterocycles. The second kappa shape index (κ2) is 4.02. The van der Waals surface area contributed by atoms with E-state index in [1.165, 1.54) is 0 Å². The van der Waals surface area contributed by atoms with Gasteiger partial charge in [-0.2, -0.15) is 0 Å². The van der Waals surface area contributed by atoms with Gasteiger partial charge in [-0.15, -0.1) is 0 Å². The largest absolute Gasteiger partial charge is 0.396 e. The maximum Gasteiger partial charge on any atom is 0.222 e. The minimum atomic E-state index is -0.579. The van der Waals surface area contributed by atoms with E-state index in [9.17, 15) is 5.11 Å². The van der Waals surface area contributed by atoms with E-state index in [4.69, 9.17) is 5.73 Å². The van der Waals surface area contributed by atoms with E-state index in [1.807, 2.05) is 0 Å². The van der Waals surface area contributed by atoms with Crippen LogP contribution in [0.4, 0.5) is 11.6 Å². The average molecular weight is 208 g/mol. The van der Waals surface area contributed by atoms with Crippen molar-refractivity contribution in [2.75, 3.05) is 17.6 Å². The standard InChI is InChI=1S/C10H16N4O/c11-8-5-12-9(13-6-8)14-7-10(15)3-1-2-4-10/h5-6,15H,1-4,7,11H2,(H,12,13,14). The van der Waals surface area contributed by atoms with Crippen LogP contribution in [0.15, 0.2) is 12.4 Å². The third-order valence-electron chi connectivity index (χ3n) is 2.78. The molecule has 0 amide bonds. The molecule has 82 valence electrons. The average Bonchev–Trinajstić information content (AvgIpc) is 2.65. The summed E-state index contributed by atoms with van der Waals surface area (Å²) in [7, 11) is 0. The molecule has 1 saturated carbocycles. The summed E-state index contributed by atoms with van der Waals surface area (Å²) in [6.07, 6.45) is 7.01. The molecule has 2 rings (SSSR count). The van der Waals surface area contributed by atoms with Gasteiger partial charge in [-0.3, -0.25) is 0 Å². The maximum absolute atomic E-state index is 10.1. The number of aromatic nitrogens is 2. The predicted octanol–water partition coefficient (Wildman–Crippen LogP) is 0.776. The molecule has 1 aliphatic rings. The summed E-state index contributed by atoms with van der Waals surface area (Å²) in [5, 5.41) is 13.1. The van der Waals surface area contributed by atoms with E-state index in [2.05, 4.69) is 15.3 Å². The van der Waals surface area contributed by atoms with E-state index < -0.39 is 5.60 Å². The Kier molecular flexibility index (Phi) is 2.73. The molecule has 5 nitrogen and oxygen atoms in total. The van der Waals surface area contributed by atoms with Crippen molar-refractivity contribution in [2.24, 2.45) is 0 Å². The van der Waals surface area contributed by atoms with Crippen LogP contribution in [0.3, 0.4) is 0 Å². The molecule has 0 spiro atoms. The highest BCUT2D eigenvalue weighted by Crippen LogP contribution is 2.29. The summed E-state index contributed by atoms with van der Waals surface area (Å²) in [6, 6.07) is 0. The number of hydrogen-bond acceptors (Lipinski definition) is 5. The molecule has 1 aliphatic carbocycles. The third-order valence-corrected chi connectivity index (χ3v) is 2.78. The molecule has 4 N–H and O–H groups in total. The molecule has 1 aromatic heterocycles. The molecular formula is C10H16N4O. The molecule has 0 saturated heterocycles. The zero-order valence-corrected chi connectivity index (χ0v) is 8.61. The summed E-state index contributed by atoms with van der Waals surface area (Å²) >= 11 is 0. The zero-order valence-electron chi connectivity index (χ0n) is 8.61. The van der Waals surface area contributed by atoms with Gasteiger partial charge < -0.3 is 16.2 Å². The highest BCUT2D eigenvalue weighted by Gasteiger charge is 2.30. The SMILES string of the molecule is Nc1cnc(NCC2(O)CCCC2)nc1. The second-order valence-corrected chi connectivity index (χ2v) is 4.13. The minimum Gasteiger partial charge on any atom is -0.396 e. The summed E-state index contributed by atoms with van der Waals surface area (Å²) in [5.41, 5.74) is 5.43. The van der Waals surface area contributed by atoms with Crippen LogP contribution < -0.4 is 11.1 Å². The van der Waals surface area contributed by atoms with E-state index in [1.54, 1.807) is 12.4 Å². The van der Waals surface area contributed by atoms with Crippen LogP contribution in [0.1, 0.15) is 25.7 Å². The highest BCUT2D eigenvalue weighted by molar-refractivity contribution is 5.36. The van der Waals surface area contributed by atoms with Crippen molar-refractivity contribution >= 4 is 11.6 Å². The lowest BCUT2D eigenvalue weighted by Gasteiger charge is -2.22. The fourth-order valence-corrected chi connectivity index (χ4v) is 1.88. The molecule has 0 bridgehead atoms. The lowest BCUT2D eigenvalue weighted by molar-refractivity contribution is 0.0613. The number of rotatable bonds is 3. The summed E-state index contributed by atoms with van der Waals surface area (Å²) in [5.74, 6) is 0.518. The Balaban J connectivity index is 1.90. The van der Waals surface area contributed by atoms with Crippen molar-refractivity contribution < 1.29 is 5.11 Å². The second-order valence-electron chi connectivity index (χ2n) is 4.13. The van der Waals surface area contributed by atoms with Gasteiger partial charge in [-0.25, -0.2) is 9.97 Å². The minimum absolute atomic E-state index is 0.511. The first-order chi connectivity index (χ1) is 7.18. The van der Waals surface area contributed by atoms with Crippen LogP contribution in [0.25, 0.3) is 0 Å². The number of nitrogens with one attached hydrogen (secondary N) is 1. The Hall–Kier alpha value is -1.36. The predicted molar refractivity (Wildman–Crippen MR) is 58.4 cm³/mol. The van der Waals surface area contributed by atoms with Gasteiger partial charge in [0.25, 0.3) is 0 Å². The molecule has 1 aromatic rings. The number of nitrogens with two attached hydrogens (primary N) is 1. The van der Waals surface area contributed by atoms with Crippen LogP contribution >= 0.6 is 0 Å². The number of nitrogen functional groups attached to an aromatic ring is 1. The fourth-order valence-electron chi connectivity index (χ4n) is 1.88. The highest BCUT2D eigenvalue weighted by atomic mass is 16.3. The van der Waals surface area contributed by atoms with Crippen LogP contribution in [0.5, 0.6) is 0 Å². The Morgan fingerprint density at radius 3 is 2.53 bits per heavy atom. The molecule has 5 heteroatoms. The first kappa shape index (κ1) is 10.2. The molecule has 15 heavy (non-hydrogen) atoms. The van der Waals surface area contributed by atoms with Crippen LogP contribution in [0, 0.1) is 0 Å². The van der Waals surface area contributed by atoms with Crippen molar-refractivity contribution in [1.82, 2.24) is 9.97 Å². The molecule has 0 atom stereocenters. The van der Waals surface area contributed by atoms with E-state index in [-0.39, 0.29) is 0 Å². The first-order valence-electron chi connectivity index (χ1n) is 5.22. The molecule has 0 radical (unpaired) electrons. The molecule has 0 aromatic carbocycles. The van der Waals surface area contributed by atoms with Gasteiger partial charge in [-0.1, -0.05) is 12.8 Å². The topological polar surface area (TPSA) is 84.1 Å². The van der Waals surface area contributed by atoms with Gasteiger partial charge in [0.05, 0.1) is 23.7 Å². The van der Waals surface area contributed by atoms with E-state index >= 15 is 0 Å². The lowest BCUT2D eigenvalue weighted by Crippen LogP contribution is -2.33. The summed E-state index contributed by atoms with van der Waals surface area (Å²) < 4.78 is 0. The Morgan fingerprint density at radius 2 is 1.93 bits per heavy atom. The monoisotopic (exact) mass is 208 g/mol. The van der Waals surface area contributed by atoms with Gasteiger partial charge >= 0.3 is 0 Å². The van der Waals surface area contributed by atoms with Crippen molar-refractivity contribution in [3.05, 3.63) is 12.4 Å². The molecule has 1 fully saturated rings. The van der Waals surface area contributed by atoms with Gasteiger partial charge in [-0.05, 0) is 12.8 Å². The lowest BCUT2D eigenvalue weighted by atomic mass is 10.0. The third kappa shape index (κ3) is 2.56. The Labute approximate surface area is 88.7 Å². The quantitative estimate of drug-likeness (QED) is 0.683. The summed E-state index contributed by atoms with van der Waals surface area (Å²) in [6.45, 7) is 0.511. The van der Waals surface area contributed by atoms with Gasteiger partial charge in [0, 0.05) is 6.54 Å². The smallest absolute Gasteiger partial charge is 0.222 e. The maximum atomic E-state index is 10.1. The number of hydrogen-bond donors (Lipinski definition) is 3. The van der Waals surface area contributed by atoms with E-state index in [0.29, 0.717) is 18.2 Å². The zero-order chi connectivity index (χ0) is 10.7. The van der Waals surface area contributed by atoms with Gasteiger partial charge in [0.15, 0.2) is 0 Å².